The fraction of sp³-hybridized carbons (Fsp3) is 0.375. The number of hydrogen-bond acceptors (Lipinski definition) is 3. The van der Waals surface area contributed by atoms with E-state index in [4.69, 9.17) is 0 Å². The van der Waals surface area contributed by atoms with Gasteiger partial charge in [0.1, 0.15) is 0 Å². The predicted octanol–water partition coefficient (Wildman–Crippen LogP) is 2.79. The van der Waals surface area contributed by atoms with Crippen LogP contribution >= 0.6 is 28.3 Å². The first-order chi connectivity index (χ1) is 10.7. The fourth-order valence-corrected chi connectivity index (χ4v) is 3.02. The highest BCUT2D eigenvalue weighted by Crippen LogP contribution is 2.15. The zero-order valence-electron chi connectivity index (χ0n) is 12.7. The van der Waals surface area contributed by atoms with Crippen molar-refractivity contribution < 1.29 is 4.79 Å². The third-order valence-corrected chi connectivity index (χ3v) is 4.34. The molecule has 0 saturated carbocycles. The molecule has 5 nitrogen and oxygen atoms in total. The molecule has 1 aromatic heterocycles. The number of nitrogens with one attached hydrogen (secondary N) is 2. The molecule has 124 valence electrons. The molecule has 2 aromatic rings. The highest BCUT2D eigenvalue weighted by molar-refractivity contribution is 9.10. The van der Waals surface area contributed by atoms with Gasteiger partial charge in [0.2, 0.25) is 0 Å². The van der Waals surface area contributed by atoms with Crippen LogP contribution in [-0.4, -0.2) is 35.3 Å². The molecule has 1 amide bonds. The van der Waals surface area contributed by atoms with Crippen LogP contribution in [0.25, 0.3) is 5.69 Å². The molecule has 2 N–H and O–H groups in total. The number of carbonyl (C=O) groups excluding carboxylic acids is 1. The Balaban J connectivity index is 0.00000192. The lowest BCUT2D eigenvalue weighted by Crippen LogP contribution is -2.38. The first-order valence-electron chi connectivity index (χ1n) is 7.53. The van der Waals surface area contributed by atoms with Gasteiger partial charge in [-0.1, -0.05) is 22.0 Å². The second kappa shape index (κ2) is 8.47. The number of piperidine rings is 1. The largest absolute Gasteiger partial charge is 0.350 e. The summed E-state index contributed by atoms with van der Waals surface area (Å²) < 4.78 is 2.69. The second-order valence-electron chi connectivity index (χ2n) is 5.55. The van der Waals surface area contributed by atoms with E-state index in [1.54, 1.807) is 16.9 Å². The minimum Gasteiger partial charge on any atom is -0.350 e. The van der Waals surface area contributed by atoms with Crippen molar-refractivity contribution in [3.8, 4) is 5.69 Å². The molecule has 23 heavy (non-hydrogen) atoms. The SMILES string of the molecule is Cl.O=C(NCC1CCCNC1)c1ccn(-c2cccc(Br)c2)n1. The molecule has 1 aliphatic rings. The summed E-state index contributed by atoms with van der Waals surface area (Å²) >= 11 is 3.44. The van der Waals surface area contributed by atoms with Crippen molar-refractivity contribution >= 4 is 34.2 Å². The summed E-state index contributed by atoms with van der Waals surface area (Å²) in [7, 11) is 0. The molecule has 1 aromatic carbocycles. The highest BCUT2D eigenvalue weighted by Gasteiger charge is 2.15. The molecule has 1 saturated heterocycles. The lowest BCUT2D eigenvalue weighted by atomic mass is 10.00. The molecule has 0 radical (unpaired) electrons. The van der Waals surface area contributed by atoms with Crippen LogP contribution in [0.3, 0.4) is 0 Å². The number of amides is 1. The molecule has 1 unspecified atom stereocenters. The Morgan fingerprint density at radius 1 is 1.43 bits per heavy atom. The third-order valence-electron chi connectivity index (χ3n) is 3.84. The van der Waals surface area contributed by atoms with Crippen LogP contribution < -0.4 is 10.6 Å². The zero-order chi connectivity index (χ0) is 15.4. The van der Waals surface area contributed by atoms with Crippen molar-refractivity contribution in [1.29, 1.82) is 0 Å². The van der Waals surface area contributed by atoms with Gasteiger partial charge in [-0.25, -0.2) is 4.68 Å². The fourth-order valence-electron chi connectivity index (χ4n) is 2.63. The molecule has 1 fully saturated rings. The minimum absolute atomic E-state index is 0. The Morgan fingerprint density at radius 2 is 2.30 bits per heavy atom. The van der Waals surface area contributed by atoms with Gasteiger partial charge in [0.15, 0.2) is 5.69 Å². The Morgan fingerprint density at radius 3 is 3.04 bits per heavy atom. The molecule has 2 heterocycles. The van der Waals surface area contributed by atoms with E-state index in [0.29, 0.717) is 18.2 Å². The van der Waals surface area contributed by atoms with Gasteiger partial charge in [-0.2, -0.15) is 5.10 Å². The first kappa shape index (κ1) is 18.0. The molecule has 1 aliphatic heterocycles. The maximum atomic E-state index is 12.2. The van der Waals surface area contributed by atoms with E-state index in [1.807, 2.05) is 24.3 Å². The minimum atomic E-state index is -0.112. The molecule has 0 spiro atoms. The summed E-state index contributed by atoms with van der Waals surface area (Å²) in [6, 6.07) is 9.56. The number of aromatic nitrogens is 2. The van der Waals surface area contributed by atoms with Crippen LogP contribution in [0.4, 0.5) is 0 Å². The first-order valence-corrected chi connectivity index (χ1v) is 8.32. The Bertz CT molecular complexity index is 655. The van der Waals surface area contributed by atoms with Gasteiger partial charge >= 0.3 is 0 Å². The van der Waals surface area contributed by atoms with E-state index in [0.717, 1.165) is 23.2 Å². The summed E-state index contributed by atoms with van der Waals surface area (Å²) in [5.41, 5.74) is 1.37. The zero-order valence-corrected chi connectivity index (χ0v) is 15.1. The summed E-state index contributed by atoms with van der Waals surface area (Å²) in [6.07, 6.45) is 4.15. The van der Waals surface area contributed by atoms with E-state index in [-0.39, 0.29) is 18.3 Å². The molecule has 0 bridgehead atoms. The number of carbonyl (C=O) groups is 1. The van der Waals surface area contributed by atoms with Gasteiger partial charge in [0, 0.05) is 17.2 Å². The average molecular weight is 400 g/mol. The van der Waals surface area contributed by atoms with Gasteiger partial charge in [-0.3, -0.25) is 4.79 Å². The lowest BCUT2D eigenvalue weighted by molar-refractivity contribution is 0.0939. The summed E-state index contributed by atoms with van der Waals surface area (Å²) in [6.45, 7) is 2.77. The van der Waals surface area contributed by atoms with Crippen LogP contribution in [0.1, 0.15) is 23.3 Å². The Hall–Kier alpha value is -1.37. The standard InChI is InChI=1S/C16H19BrN4O.ClH/c17-13-4-1-5-14(9-13)21-8-6-15(20-21)16(22)19-11-12-3-2-7-18-10-12;/h1,4-6,8-9,12,18H,2-3,7,10-11H2,(H,19,22);1H. The van der Waals surface area contributed by atoms with Crippen molar-refractivity contribution in [3.05, 3.63) is 46.7 Å². The predicted molar refractivity (Wildman–Crippen MR) is 96.4 cm³/mol. The van der Waals surface area contributed by atoms with Crippen molar-refractivity contribution in [1.82, 2.24) is 20.4 Å². The number of benzene rings is 1. The van der Waals surface area contributed by atoms with E-state index in [9.17, 15) is 4.79 Å². The lowest BCUT2D eigenvalue weighted by Gasteiger charge is -2.22. The summed E-state index contributed by atoms with van der Waals surface area (Å²) in [5.74, 6) is 0.407. The van der Waals surface area contributed by atoms with Gasteiger partial charge in [0.05, 0.1) is 5.69 Å². The topological polar surface area (TPSA) is 59.0 Å². The van der Waals surface area contributed by atoms with Crippen LogP contribution in [-0.2, 0) is 0 Å². The number of hydrogen-bond donors (Lipinski definition) is 2. The van der Waals surface area contributed by atoms with Gasteiger partial charge < -0.3 is 10.6 Å². The van der Waals surface area contributed by atoms with Crippen LogP contribution in [0.2, 0.25) is 0 Å². The van der Waals surface area contributed by atoms with E-state index >= 15 is 0 Å². The van der Waals surface area contributed by atoms with Gasteiger partial charge in [0.25, 0.3) is 5.91 Å². The number of rotatable bonds is 4. The monoisotopic (exact) mass is 398 g/mol. The molecule has 0 aliphatic carbocycles. The average Bonchev–Trinajstić information content (AvgIpc) is 3.04. The van der Waals surface area contributed by atoms with Crippen molar-refractivity contribution in [2.24, 2.45) is 5.92 Å². The Labute approximate surface area is 150 Å². The van der Waals surface area contributed by atoms with E-state index < -0.39 is 0 Å². The Kier molecular flexibility index (Phi) is 6.62. The smallest absolute Gasteiger partial charge is 0.271 e. The van der Waals surface area contributed by atoms with Crippen molar-refractivity contribution in [3.63, 3.8) is 0 Å². The highest BCUT2D eigenvalue weighted by atomic mass is 79.9. The summed E-state index contributed by atoms with van der Waals surface area (Å²) in [5, 5.41) is 10.7. The molecule has 7 heteroatoms. The summed E-state index contributed by atoms with van der Waals surface area (Å²) in [4.78, 5) is 12.2. The second-order valence-corrected chi connectivity index (χ2v) is 6.46. The van der Waals surface area contributed by atoms with Crippen LogP contribution in [0, 0.1) is 5.92 Å². The van der Waals surface area contributed by atoms with Crippen LogP contribution in [0.5, 0.6) is 0 Å². The van der Waals surface area contributed by atoms with Gasteiger partial charge in [-0.05, 0) is 56.1 Å². The van der Waals surface area contributed by atoms with Crippen LogP contribution in [0.15, 0.2) is 41.0 Å². The maximum absolute atomic E-state index is 12.2. The molecule has 1 atom stereocenters. The van der Waals surface area contributed by atoms with E-state index in [1.165, 1.54) is 12.8 Å². The number of halogens is 2. The quantitative estimate of drug-likeness (QED) is 0.831. The van der Waals surface area contributed by atoms with E-state index in [2.05, 4.69) is 31.7 Å². The van der Waals surface area contributed by atoms with Crippen molar-refractivity contribution in [2.75, 3.05) is 19.6 Å². The van der Waals surface area contributed by atoms with Crippen molar-refractivity contribution in [2.45, 2.75) is 12.8 Å². The number of nitrogens with zero attached hydrogens (tertiary/aromatic N) is 2. The maximum Gasteiger partial charge on any atom is 0.271 e. The molecular formula is C16H20BrClN4O. The molecule has 3 rings (SSSR count). The van der Waals surface area contributed by atoms with Gasteiger partial charge in [-0.15, -0.1) is 12.4 Å². The normalized spacial score (nSPS) is 17.3. The third kappa shape index (κ3) is 4.80. The molecular weight excluding hydrogens is 380 g/mol.